The molecule has 12 heteroatoms. The molecule has 0 aliphatic heterocycles. The Labute approximate surface area is 200 Å². The summed E-state index contributed by atoms with van der Waals surface area (Å²) in [5.74, 6) is 0.254. The number of rotatable bonds is 10. The van der Waals surface area contributed by atoms with Gasteiger partial charge in [-0.05, 0) is 55.7 Å². The van der Waals surface area contributed by atoms with E-state index in [0.717, 1.165) is 22.6 Å². The number of benzene rings is 2. The van der Waals surface area contributed by atoms with Gasteiger partial charge in [-0.15, -0.1) is 10.2 Å². The number of carbonyl (C=O) groups excluding carboxylic acids is 1. The van der Waals surface area contributed by atoms with Crippen molar-refractivity contribution in [1.29, 1.82) is 0 Å². The summed E-state index contributed by atoms with van der Waals surface area (Å²) in [6.07, 6.45) is 1.30. The van der Waals surface area contributed by atoms with Gasteiger partial charge >= 0.3 is 0 Å². The maximum atomic E-state index is 12.5. The molecule has 3 aromatic rings. The largest absolute Gasteiger partial charge is 0.494 e. The van der Waals surface area contributed by atoms with Crippen LogP contribution >= 0.6 is 34.5 Å². The lowest BCUT2D eigenvalue weighted by molar-refractivity contribution is 0.102. The first-order chi connectivity index (χ1) is 15.3. The average molecular weight is 515 g/mol. The first-order valence-corrected chi connectivity index (χ1v) is 12.7. The highest BCUT2D eigenvalue weighted by Crippen LogP contribution is 2.24. The number of nitrogens with zero attached hydrogens (tertiary/aromatic N) is 2. The maximum absolute atomic E-state index is 12.5. The molecule has 1 heterocycles. The Morgan fingerprint density at radius 1 is 1.12 bits per heavy atom. The second-order valence-corrected chi connectivity index (χ2v) is 10.3. The lowest BCUT2D eigenvalue weighted by Gasteiger charge is -2.06. The molecule has 2 aromatic carbocycles. The van der Waals surface area contributed by atoms with Crippen LogP contribution in [0, 0.1) is 0 Å². The molecule has 0 bridgehead atoms. The van der Waals surface area contributed by atoms with Gasteiger partial charge in [0.15, 0.2) is 0 Å². The van der Waals surface area contributed by atoms with Crippen molar-refractivity contribution in [2.75, 3.05) is 18.5 Å². The Hall–Kier alpha value is -2.24. The molecule has 0 saturated carbocycles. The SMILES string of the molecule is CCOc1ccc(CCCNS(=O)(=O)c2nnc(NC(=O)c3ccc(Cl)cc3Cl)s2)cc1. The van der Waals surface area contributed by atoms with Gasteiger partial charge in [-0.25, -0.2) is 13.1 Å². The fourth-order valence-electron chi connectivity index (χ4n) is 2.69. The van der Waals surface area contributed by atoms with Crippen LogP contribution in [0.15, 0.2) is 46.8 Å². The summed E-state index contributed by atoms with van der Waals surface area (Å²) in [5, 5.41) is 10.5. The molecule has 170 valence electrons. The van der Waals surface area contributed by atoms with Crippen LogP contribution in [0.3, 0.4) is 0 Å². The van der Waals surface area contributed by atoms with E-state index in [1.807, 2.05) is 31.2 Å². The molecule has 2 N–H and O–H groups in total. The number of nitrogens with one attached hydrogen (secondary N) is 2. The zero-order chi connectivity index (χ0) is 23.1. The molecule has 0 spiro atoms. The normalized spacial score (nSPS) is 11.3. The standard InChI is InChI=1S/C20H20Cl2N4O4S2/c1-2-30-15-8-5-13(6-9-15)4-3-11-23-32(28,29)20-26-25-19(31-20)24-18(27)16-10-7-14(21)12-17(16)22/h5-10,12,23H,2-4,11H2,1H3,(H,24,25,27). The molecule has 0 fully saturated rings. The van der Waals surface area contributed by atoms with E-state index in [1.165, 1.54) is 18.2 Å². The molecule has 0 saturated heterocycles. The van der Waals surface area contributed by atoms with Crippen molar-refractivity contribution in [2.45, 2.75) is 24.1 Å². The highest BCUT2D eigenvalue weighted by atomic mass is 35.5. The molecule has 3 rings (SSSR count). The number of aryl methyl sites for hydroxylation is 1. The van der Waals surface area contributed by atoms with Crippen LogP contribution in [0.4, 0.5) is 5.13 Å². The van der Waals surface area contributed by atoms with Gasteiger partial charge < -0.3 is 4.74 Å². The lowest BCUT2D eigenvalue weighted by Crippen LogP contribution is -2.25. The number of amides is 1. The van der Waals surface area contributed by atoms with Crippen molar-refractivity contribution in [1.82, 2.24) is 14.9 Å². The van der Waals surface area contributed by atoms with Crippen LogP contribution in [0.1, 0.15) is 29.3 Å². The van der Waals surface area contributed by atoms with Gasteiger partial charge in [0.05, 0.1) is 17.2 Å². The number of aromatic nitrogens is 2. The molecular weight excluding hydrogens is 495 g/mol. The summed E-state index contributed by atoms with van der Waals surface area (Å²) in [6, 6.07) is 12.1. The third-order valence-electron chi connectivity index (χ3n) is 4.20. The van der Waals surface area contributed by atoms with Crippen molar-refractivity contribution in [3.05, 3.63) is 63.6 Å². The predicted octanol–water partition coefficient (Wildman–Crippen LogP) is 4.41. The van der Waals surface area contributed by atoms with E-state index in [-0.39, 0.29) is 26.6 Å². The number of anilines is 1. The number of carbonyl (C=O) groups is 1. The number of hydrogen-bond donors (Lipinski definition) is 2. The van der Waals surface area contributed by atoms with E-state index in [9.17, 15) is 13.2 Å². The van der Waals surface area contributed by atoms with Crippen molar-refractivity contribution in [3.63, 3.8) is 0 Å². The Bertz CT molecular complexity index is 1180. The molecule has 0 atom stereocenters. The fraction of sp³-hybridized carbons (Fsp3) is 0.250. The zero-order valence-electron chi connectivity index (χ0n) is 17.0. The van der Waals surface area contributed by atoms with Crippen LogP contribution in [0.2, 0.25) is 10.0 Å². The van der Waals surface area contributed by atoms with Gasteiger partial charge in [-0.2, -0.15) is 0 Å². The van der Waals surface area contributed by atoms with Gasteiger partial charge in [-0.1, -0.05) is 46.7 Å². The monoisotopic (exact) mass is 514 g/mol. The summed E-state index contributed by atoms with van der Waals surface area (Å²) in [4.78, 5) is 12.3. The van der Waals surface area contributed by atoms with Crippen LogP contribution in [0.5, 0.6) is 5.75 Å². The van der Waals surface area contributed by atoms with Gasteiger partial charge in [0, 0.05) is 11.6 Å². The Kier molecular flexibility index (Phi) is 8.44. The van der Waals surface area contributed by atoms with E-state index in [4.69, 9.17) is 27.9 Å². The number of sulfonamides is 1. The van der Waals surface area contributed by atoms with E-state index >= 15 is 0 Å². The molecule has 0 aliphatic carbocycles. The lowest BCUT2D eigenvalue weighted by atomic mass is 10.1. The minimum atomic E-state index is -3.84. The van der Waals surface area contributed by atoms with E-state index in [1.54, 1.807) is 0 Å². The quantitative estimate of drug-likeness (QED) is 0.306. The second-order valence-electron chi connectivity index (χ2n) is 6.53. The van der Waals surface area contributed by atoms with Gasteiger partial charge in [0.1, 0.15) is 5.75 Å². The highest BCUT2D eigenvalue weighted by Gasteiger charge is 2.21. The van der Waals surface area contributed by atoms with Crippen molar-refractivity contribution < 1.29 is 17.9 Å². The number of ether oxygens (including phenoxy) is 1. The molecule has 1 amide bonds. The Morgan fingerprint density at radius 3 is 2.56 bits per heavy atom. The van der Waals surface area contributed by atoms with Crippen LogP contribution < -0.4 is 14.8 Å². The van der Waals surface area contributed by atoms with Crippen molar-refractivity contribution in [2.24, 2.45) is 0 Å². The zero-order valence-corrected chi connectivity index (χ0v) is 20.1. The fourth-order valence-corrected chi connectivity index (χ4v) is 5.19. The third-order valence-corrected chi connectivity index (χ3v) is 7.42. The van der Waals surface area contributed by atoms with E-state index < -0.39 is 15.9 Å². The summed E-state index contributed by atoms with van der Waals surface area (Å²) in [7, 11) is -3.84. The first-order valence-electron chi connectivity index (χ1n) is 9.60. The Morgan fingerprint density at radius 2 is 1.88 bits per heavy atom. The van der Waals surface area contributed by atoms with Crippen LogP contribution in [0.25, 0.3) is 0 Å². The van der Waals surface area contributed by atoms with Crippen molar-refractivity contribution >= 4 is 55.6 Å². The molecule has 32 heavy (non-hydrogen) atoms. The van der Waals surface area contributed by atoms with Gasteiger partial charge in [-0.3, -0.25) is 10.1 Å². The third kappa shape index (κ3) is 6.63. The topological polar surface area (TPSA) is 110 Å². The molecule has 8 nitrogen and oxygen atoms in total. The molecule has 0 unspecified atom stereocenters. The van der Waals surface area contributed by atoms with Gasteiger partial charge in [0.25, 0.3) is 15.9 Å². The molecule has 1 aromatic heterocycles. The predicted molar refractivity (Wildman–Crippen MR) is 125 cm³/mol. The van der Waals surface area contributed by atoms with E-state index in [2.05, 4.69) is 20.2 Å². The average Bonchev–Trinajstić information content (AvgIpc) is 3.22. The van der Waals surface area contributed by atoms with Crippen LogP contribution in [-0.2, 0) is 16.4 Å². The smallest absolute Gasteiger partial charge is 0.269 e. The minimum Gasteiger partial charge on any atom is -0.494 e. The van der Waals surface area contributed by atoms with Gasteiger partial charge in [0.2, 0.25) is 9.47 Å². The summed E-state index contributed by atoms with van der Waals surface area (Å²) < 4.78 is 32.6. The summed E-state index contributed by atoms with van der Waals surface area (Å²) in [6.45, 7) is 2.76. The number of halogens is 2. The minimum absolute atomic E-state index is 0.0378. The van der Waals surface area contributed by atoms with Crippen LogP contribution in [-0.4, -0.2) is 37.7 Å². The first kappa shape index (κ1) is 24.4. The molecule has 0 aliphatic rings. The highest BCUT2D eigenvalue weighted by molar-refractivity contribution is 7.91. The summed E-state index contributed by atoms with van der Waals surface area (Å²) >= 11 is 12.6. The Balaban J connectivity index is 1.52. The summed E-state index contributed by atoms with van der Waals surface area (Å²) in [5.41, 5.74) is 1.26. The van der Waals surface area contributed by atoms with Crippen molar-refractivity contribution in [3.8, 4) is 5.75 Å². The second kappa shape index (κ2) is 11.1. The van der Waals surface area contributed by atoms with E-state index in [0.29, 0.717) is 24.5 Å². The molecular formula is C20H20Cl2N4O4S2. The molecule has 0 radical (unpaired) electrons. The number of hydrogen-bond acceptors (Lipinski definition) is 7. The maximum Gasteiger partial charge on any atom is 0.269 e.